The van der Waals surface area contributed by atoms with Gasteiger partial charge in [-0.3, -0.25) is 4.72 Å². The second-order valence-electron chi connectivity index (χ2n) is 4.94. The molecule has 128 valence electrons. The molecule has 2 aromatic carbocycles. The van der Waals surface area contributed by atoms with E-state index < -0.39 is 16.0 Å². The molecule has 2 aromatic rings. The van der Waals surface area contributed by atoms with Crippen LogP contribution < -0.4 is 9.46 Å². The van der Waals surface area contributed by atoms with E-state index in [9.17, 15) is 18.3 Å². The van der Waals surface area contributed by atoms with E-state index in [1.807, 2.05) is 0 Å². The summed E-state index contributed by atoms with van der Waals surface area (Å²) in [5, 5.41) is 9.44. The highest BCUT2D eigenvalue weighted by atomic mass is 35.5. The lowest BCUT2D eigenvalue weighted by Crippen LogP contribution is -2.17. The molecule has 0 unspecified atom stereocenters. The van der Waals surface area contributed by atoms with Gasteiger partial charge in [0.2, 0.25) is 0 Å². The SMILES string of the molecule is CCOc1cc(C)c(Cl)cc1S(=O)(=O)Nc1ccccc1C(=O)O. The highest BCUT2D eigenvalue weighted by Crippen LogP contribution is 2.32. The molecule has 24 heavy (non-hydrogen) atoms. The van der Waals surface area contributed by atoms with Gasteiger partial charge in [-0.25, -0.2) is 13.2 Å². The van der Waals surface area contributed by atoms with Crippen LogP contribution in [-0.4, -0.2) is 26.1 Å². The topological polar surface area (TPSA) is 92.7 Å². The molecule has 0 bridgehead atoms. The largest absolute Gasteiger partial charge is 0.492 e. The molecule has 0 fully saturated rings. The Morgan fingerprint density at radius 1 is 1.29 bits per heavy atom. The van der Waals surface area contributed by atoms with E-state index in [1.54, 1.807) is 13.8 Å². The molecule has 0 aliphatic rings. The lowest BCUT2D eigenvalue weighted by atomic mass is 10.2. The van der Waals surface area contributed by atoms with Crippen molar-refractivity contribution in [1.82, 2.24) is 0 Å². The van der Waals surface area contributed by atoms with Crippen molar-refractivity contribution in [1.29, 1.82) is 0 Å². The van der Waals surface area contributed by atoms with Gasteiger partial charge in [0.1, 0.15) is 10.6 Å². The minimum absolute atomic E-state index is 0.0378. The Labute approximate surface area is 145 Å². The molecular weight excluding hydrogens is 354 g/mol. The number of aromatic carboxylic acids is 1. The number of sulfonamides is 1. The normalized spacial score (nSPS) is 11.1. The molecule has 0 amide bonds. The average molecular weight is 370 g/mol. The summed E-state index contributed by atoms with van der Waals surface area (Å²) in [7, 11) is -4.08. The van der Waals surface area contributed by atoms with Gasteiger partial charge in [-0.05, 0) is 43.7 Å². The number of hydrogen-bond acceptors (Lipinski definition) is 4. The van der Waals surface area contributed by atoms with Crippen molar-refractivity contribution in [3.63, 3.8) is 0 Å². The van der Waals surface area contributed by atoms with Gasteiger partial charge in [0, 0.05) is 5.02 Å². The van der Waals surface area contributed by atoms with Gasteiger partial charge in [0.25, 0.3) is 10.0 Å². The van der Waals surface area contributed by atoms with E-state index >= 15 is 0 Å². The van der Waals surface area contributed by atoms with Crippen LogP contribution in [0.1, 0.15) is 22.8 Å². The fourth-order valence-electron chi connectivity index (χ4n) is 2.07. The maximum absolute atomic E-state index is 12.7. The second-order valence-corrected chi connectivity index (χ2v) is 7.00. The third-order valence-corrected chi connectivity index (χ3v) is 5.01. The molecule has 0 aromatic heterocycles. The number of aryl methyl sites for hydroxylation is 1. The number of rotatable bonds is 6. The highest BCUT2D eigenvalue weighted by molar-refractivity contribution is 7.92. The molecule has 0 saturated heterocycles. The zero-order valence-electron chi connectivity index (χ0n) is 13.0. The van der Waals surface area contributed by atoms with E-state index in [-0.39, 0.29) is 33.5 Å². The Morgan fingerprint density at radius 2 is 1.96 bits per heavy atom. The lowest BCUT2D eigenvalue weighted by Gasteiger charge is -2.15. The van der Waals surface area contributed by atoms with E-state index in [2.05, 4.69) is 4.72 Å². The molecule has 0 heterocycles. The average Bonchev–Trinajstić information content (AvgIpc) is 2.50. The first-order valence-electron chi connectivity index (χ1n) is 7.04. The van der Waals surface area contributed by atoms with Crippen LogP contribution in [0.5, 0.6) is 5.75 Å². The Balaban J connectivity index is 2.52. The molecule has 0 aliphatic heterocycles. The fourth-order valence-corrected chi connectivity index (χ4v) is 3.53. The first kappa shape index (κ1) is 18.1. The van der Waals surface area contributed by atoms with Crippen molar-refractivity contribution < 1.29 is 23.1 Å². The molecule has 0 radical (unpaired) electrons. The first-order valence-corrected chi connectivity index (χ1v) is 8.90. The summed E-state index contributed by atoms with van der Waals surface area (Å²) >= 11 is 6.03. The Bertz CT molecular complexity index is 880. The summed E-state index contributed by atoms with van der Waals surface area (Å²) in [5.41, 5.74) is 0.478. The van der Waals surface area contributed by atoms with Crippen LogP contribution in [0.15, 0.2) is 41.3 Å². The molecule has 2 rings (SSSR count). The molecule has 0 atom stereocenters. The van der Waals surface area contributed by atoms with Crippen molar-refractivity contribution in [2.45, 2.75) is 18.7 Å². The van der Waals surface area contributed by atoms with E-state index in [4.69, 9.17) is 16.3 Å². The second kappa shape index (κ2) is 7.11. The van der Waals surface area contributed by atoms with E-state index in [1.165, 1.54) is 36.4 Å². The zero-order valence-corrected chi connectivity index (χ0v) is 14.6. The highest BCUT2D eigenvalue weighted by Gasteiger charge is 2.23. The number of carbonyl (C=O) groups is 1. The van der Waals surface area contributed by atoms with Crippen LogP contribution in [0.2, 0.25) is 5.02 Å². The molecule has 8 heteroatoms. The van der Waals surface area contributed by atoms with Gasteiger partial charge in [0.05, 0.1) is 17.9 Å². The van der Waals surface area contributed by atoms with E-state index in [0.29, 0.717) is 5.56 Å². The van der Waals surface area contributed by atoms with Crippen LogP contribution >= 0.6 is 11.6 Å². The number of para-hydroxylation sites is 1. The maximum atomic E-state index is 12.7. The number of hydrogen-bond donors (Lipinski definition) is 2. The van der Waals surface area contributed by atoms with Crippen molar-refractivity contribution in [3.05, 3.63) is 52.5 Å². The van der Waals surface area contributed by atoms with Crippen LogP contribution in [-0.2, 0) is 10.0 Å². The molecule has 0 spiro atoms. The molecule has 0 saturated carbocycles. The maximum Gasteiger partial charge on any atom is 0.337 e. The molecule has 6 nitrogen and oxygen atoms in total. The van der Waals surface area contributed by atoms with Crippen LogP contribution in [0.25, 0.3) is 0 Å². The van der Waals surface area contributed by atoms with E-state index in [0.717, 1.165) is 0 Å². The summed E-state index contributed by atoms with van der Waals surface area (Å²) in [4.78, 5) is 11.1. The van der Waals surface area contributed by atoms with Crippen molar-refractivity contribution in [2.24, 2.45) is 0 Å². The summed E-state index contributed by atoms with van der Waals surface area (Å²) in [6.07, 6.45) is 0. The minimum atomic E-state index is -4.08. The number of anilines is 1. The zero-order chi connectivity index (χ0) is 17.9. The van der Waals surface area contributed by atoms with Gasteiger partial charge in [0.15, 0.2) is 0 Å². The summed E-state index contributed by atoms with van der Waals surface area (Å²) in [6, 6.07) is 8.55. The van der Waals surface area contributed by atoms with Crippen molar-refractivity contribution in [3.8, 4) is 5.75 Å². The molecule has 0 aliphatic carbocycles. The summed E-state index contributed by atoms with van der Waals surface area (Å²) in [5.74, 6) is -1.08. The standard InChI is InChI=1S/C16H16ClNO5S/c1-3-23-14-8-10(2)12(17)9-15(14)24(21,22)18-13-7-5-4-6-11(13)16(19)20/h4-9,18H,3H2,1-2H3,(H,19,20). The van der Waals surface area contributed by atoms with Crippen molar-refractivity contribution >= 4 is 33.3 Å². The predicted molar refractivity (Wildman–Crippen MR) is 91.6 cm³/mol. The Hall–Kier alpha value is -2.25. The third kappa shape index (κ3) is 3.80. The first-order chi connectivity index (χ1) is 11.3. The summed E-state index contributed by atoms with van der Waals surface area (Å²) in [6.45, 7) is 3.73. The number of carboxylic acid groups (broad SMARTS) is 1. The number of ether oxygens (including phenoxy) is 1. The van der Waals surface area contributed by atoms with Crippen LogP contribution in [0.4, 0.5) is 5.69 Å². The van der Waals surface area contributed by atoms with Gasteiger partial charge in [-0.2, -0.15) is 0 Å². The lowest BCUT2D eigenvalue weighted by molar-refractivity contribution is 0.0698. The fraction of sp³-hybridized carbons (Fsp3) is 0.188. The third-order valence-electron chi connectivity index (χ3n) is 3.22. The Morgan fingerprint density at radius 3 is 2.58 bits per heavy atom. The van der Waals surface area contributed by atoms with Crippen molar-refractivity contribution in [2.75, 3.05) is 11.3 Å². The predicted octanol–water partition coefficient (Wildman–Crippen LogP) is 3.55. The number of nitrogens with one attached hydrogen (secondary N) is 1. The minimum Gasteiger partial charge on any atom is -0.492 e. The van der Waals surface area contributed by atoms with Gasteiger partial charge in [-0.1, -0.05) is 23.7 Å². The van der Waals surface area contributed by atoms with Gasteiger partial charge >= 0.3 is 5.97 Å². The number of carboxylic acids is 1. The molecule has 2 N–H and O–H groups in total. The molecular formula is C16H16ClNO5S. The quantitative estimate of drug-likeness (QED) is 0.812. The summed E-state index contributed by atoms with van der Waals surface area (Å²) < 4.78 is 33.0. The van der Waals surface area contributed by atoms with Crippen LogP contribution in [0.3, 0.4) is 0 Å². The number of halogens is 1. The Kier molecular flexibility index (Phi) is 5.36. The van der Waals surface area contributed by atoms with Crippen LogP contribution in [0, 0.1) is 6.92 Å². The monoisotopic (exact) mass is 369 g/mol. The smallest absolute Gasteiger partial charge is 0.337 e. The van der Waals surface area contributed by atoms with Gasteiger partial charge in [-0.15, -0.1) is 0 Å². The van der Waals surface area contributed by atoms with Gasteiger partial charge < -0.3 is 9.84 Å². The number of benzene rings is 2.